The van der Waals surface area contributed by atoms with Crippen molar-refractivity contribution in [1.82, 2.24) is 0 Å². The number of nitriles is 1. The van der Waals surface area contributed by atoms with E-state index in [1.54, 1.807) is 0 Å². The van der Waals surface area contributed by atoms with Gasteiger partial charge in [0.15, 0.2) is 0 Å². The number of halogens is 1. The normalized spacial score (nSPS) is 9.67. The Morgan fingerprint density at radius 1 is 1.40 bits per heavy atom. The Morgan fingerprint density at radius 3 is 2.73 bits per heavy atom. The Hall–Kier alpha value is -1.20. The lowest BCUT2D eigenvalue weighted by Gasteiger charge is -2.24. The van der Waals surface area contributed by atoms with Gasteiger partial charge >= 0.3 is 0 Å². The third kappa shape index (κ3) is 3.14. The molecule has 0 saturated carbocycles. The quantitative estimate of drug-likeness (QED) is 0.716. The SMILES string of the molecule is CCN(CCC#N)c1ccccc1CCl. The van der Waals surface area contributed by atoms with E-state index in [4.69, 9.17) is 16.9 Å². The fraction of sp³-hybridized carbons (Fsp3) is 0.417. The van der Waals surface area contributed by atoms with E-state index >= 15 is 0 Å². The van der Waals surface area contributed by atoms with Crippen molar-refractivity contribution in [3.8, 4) is 6.07 Å². The van der Waals surface area contributed by atoms with Crippen LogP contribution in [0.2, 0.25) is 0 Å². The van der Waals surface area contributed by atoms with Gasteiger partial charge in [0.25, 0.3) is 0 Å². The van der Waals surface area contributed by atoms with Crippen LogP contribution in [0.3, 0.4) is 0 Å². The first-order valence-electron chi connectivity index (χ1n) is 5.09. The summed E-state index contributed by atoms with van der Waals surface area (Å²) in [6, 6.07) is 10.2. The maximum Gasteiger partial charge on any atom is 0.0640 e. The van der Waals surface area contributed by atoms with E-state index in [9.17, 15) is 0 Å². The molecule has 0 N–H and O–H groups in total. The summed E-state index contributed by atoms with van der Waals surface area (Å²) in [6.07, 6.45) is 0.546. The van der Waals surface area contributed by atoms with E-state index in [2.05, 4.69) is 24.0 Å². The molecule has 0 aliphatic rings. The molecule has 0 spiro atoms. The van der Waals surface area contributed by atoms with E-state index in [-0.39, 0.29) is 0 Å². The second-order valence-electron chi connectivity index (χ2n) is 3.25. The number of nitrogens with zero attached hydrogens (tertiary/aromatic N) is 2. The Kier molecular flexibility index (Phi) is 5.00. The number of alkyl halides is 1. The fourth-order valence-corrected chi connectivity index (χ4v) is 1.79. The minimum Gasteiger partial charge on any atom is -0.371 e. The van der Waals surface area contributed by atoms with Crippen LogP contribution in [0, 0.1) is 11.3 Å². The van der Waals surface area contributed by atoms with Crippen LogP contribution in [0.1, 0.15) is 18.9 Å². The van der Waals surface area contributed by atoms with Crippen LogP contribution >= 0.6 is 11.6 Å². The van der Waals surface area contributed by atoms with Gasteiger partial charge in [-0.1, -0.05) is 18.2 Å². The third-order valence-corrected chi connectivity index (χ3v) is 2.64. The van der Waals surface area contributed by atoms with Crippen LogP contribution in [0.4, 0.5) is 5.69 Å². The van der Waals surface area contributed by atoms with Crippen molar-refractivity contribution in [3.05, 3.63) is 29.8 Å². The van der Waals surface area contributed by atoms with Crippen molar-refractivity contribution >= 4 is 17.3 Å². The van der Waals surface area contributed by atoms with Crippen molar-refractivity contribution < 1.29 is 0 Å². The summed E-state index contributed by atoms with van der Waals surface area (Å²) < 4.78 is 0. The number of rotatable bonds is 5. The molecule has 15 heavy (non-hydrogen) atoms. The van der Waals surface area contributed by atoms with Gasteiger partial charge in [0.2, 0.25) is 0 Å². The standard InChI is InChI=1S/C12H15ClN2/c1-2-15(9-5-8-14)12-7-4-3-6-11(12)10-13/h3-4,6-7H,2,5,9-10H2,1H3. The first-order chi connectivity index (χ1) is 7.33. The predicted molar refractivity (Wildman–Crippen MR) is 64.1 cm³/mol. The van der Waals surface area contributed by atoms with Crippen LogP contribution in [0.5, 0.6) is 0 Å². The average Bonchev–Trinajstić information content (AvgIpc) is 2.30. The Labute approximate surface area is 96.1 Å². The molecular formula is C12H15ClN2. The molecule has 0 saturated heterocycles. The molecule has 0 aliphatic heterocycles. The maximum absolute atomic E-state index is 8.58. The highest BCUT2D eigenvalue weighted by Crippen LogP contribution is 2.21. The largest absolute Gasteiger partial charge is 0.371 e. The third-order valence-electron chi connectivity index (χ3n) is 2.35. The smallest absolute Gasteiger partial charge is 0.0640 e. The molecule has 0 aliphatic carbocycles. The van der Waals surface area contributed by atoms with E-state index in [1.165, 1.54) is 0 Å². The van der Waals surface area contributed by atoms with Gasteiger partial charge in [0, 0.05) is 24.7 Å². The molecule has 0 aromatic heterocycles. The van der Waals surface area contributed by atoms with Gasteiger partial charge in [0.05, 0.1) is 12.5 Å². The van der Waals surface area contributed by atoms with Crippen LogP contribution in [-0.4, -0.2) is 13.1 Å². The highest BCUT2D eigenvalue weighted by molar-refractivity contribution is 6.17. The van der Waals surface area contributed by atoms with Crippen LogP contribution in [0.25, 0.3) is 0 Å². The summed E-state index contributed by atoms with van der Waals surface area (Å²) >= 11 is 5.88. The zero-order valence-corrected chi connectivity index (χ0v) is 9.67. The number of anilines is 1. The minimum absolute atomic E-state index is 0.513. The van der Waals surface area contributed by atoms with Gasteiger partial charge in [-0.15, -0.1) is 11.6 Å². The summed E-state index contributed by atoms with van der Waals surface area (Å²) in [7, 11) is 0. The van der Waals surface area contributed by atoms with E-state index in [0.717, 1.165) is 24.3 Å². The molecule has 2 nitrogen and oxygen atoms in total. The Bertz CT molecular complexity index is 344. The number of hydrogen-bond donors (Lipinski definition) is 0. The van der Waals surface area contributed by atoms with E-state index in [1.807, 2.05) is 18.2 Å². The van der Waals surface area contributed by atoms with Gasteiger partial charge in [-0.25, -0.2) is 0 Å². The average molecular weight is 223 g/mol. The lowest BCUT2D eigenvalue weighted by Crippen LogP contribution is -2.24. The van der Waals surface area contributed by atoms with Gasteiger partial charge in [-0.2, -0.15) is 5.26 Å². The Morgan fingerprint density at radius 2 is 2.13 bits per heavy atom. The van der Waals surface area contributed by atoms with Gasteiger partial charge in [-0.3, -0.25) is 0 Å². The molecule has 3 heteroatoms. The first-order valence-corrected chi connectivity index (χ1v) is 5.62. The van der Waals surface area contributed by atoms with Crippen LogP contribution in [0.15, 0.2) is 24.3 Å². The molecule has 1 aromatic carbocycles. The van der Waals surface area contributed by atoms with Crippen molar-refractivity contribution in [1.29, 1.82) is 5.26 Å². The molecule has 0 fully saturated rings. The summed E-state index contributed by atoms with van der Waals surface area (Å²) in [5.41, 5.74) is 2.27. The molecule has 80 valence electrons. The lowest BCUT2D eigenvalue weighted by atomic mass is 10.1. The second-order valence-corrected chi connectivity index (χ2v) is 3.52. The summed E-state index contributed by atoms with van der Waals surface area (Å²) in [4.78, 5) is 2.18. The molecule has 0 radical (unpaired) electrons. The summed E-state index contributed by atoms with van der Waals surface area (Å²) in [5.74, 6) is 0.513. The first kappa shape index (κ1) is 11.9. The molecule has 0 heterocycles. The predicted octanol–water partition coefficient (Wildman–Crippen LogP) is 3.17. The zero-order valence-electron chi connectivity index (χ0n) is 8.91. The number of benzene rings is 1. The molecule has 0 atom stereocenters. The van der Waals surface area contributed by atoms with Gasteiger partial charge in [0.1, 0.15) is 0 Å². The summed E-state index contributed by atoms with van der Waals surface area (Å²) in [6.45, 7) is 3.75. The van der Waals surface area contributed by atoms with Crippen molar-refractivity contribution in [2.24, 2.45) is 0 Å². The van der Waals surface area contributed by atoms with Crippen LogP contribution in [-0.2, 0) is 5.88 Å². The lowest BCUT2D eigenvalue weighted by molar-refractivity contribution is 0.823. The van der Waals surface area contributed by atoms with E-state index < -0.39 is 0 Å². The molecule has 0 bridgehead atoms. The zero-order chi connectivity index (χ0) is 11.1. The topological polar surface area (TPSA) is 27.0 Å². The molecular weight excluding hydrogens is 208 g/mol. The van der Waals surface area contributed by atoms with Crippen molar-refractivity contribution in [2.75, 3.05) is 18.0 Å². The molecule has 0 amide bonds. The highest BCUT2D eigenvalue weighted by atomic mass is 35.5. The molecule has 1 aromatic rings. The minimum atomic E-state index is 0.513. The van der Waals surface area contributed by atoms with E-state index in [0.29, 0.717) is 12.3 Å². The van der Waals surface area contributed by atoms with Gasteiger partial charge < -0.3 is 4.90 Å². The Balaban J connectivity index is 2.86. The monoisotopic (exact) mass is 222 g/mol. The second kappa shape index (κ2) is 6.31. The number of para-hydroxylation sites is 1. The maximum atomic E-state index is 8.58. The van der Waals surface area contributed by atoms with Crippen molar-refractivity contribution in [2.45, 2.75) is 19.2 Å². The van der Waals surface area contributed by atoms with Gasteiger partial charge in [-0.05, 0) is 18.6 Å². The highest BCUT2D eigenvalue weighted by Gasteiger charge is 2.07. The number of hydrogen-bond acceptors (Lipinski definition) is 2. The molecule has 0 unspecified atom stereocenters. The van der Waals surface area contributed by atoms with Crippen LogP contribution < -0.4 is 4.90 Å². The fourth-order valence-electron chi connectivity index (χ4n) is 1.57. The molecule has 1 rings (SSSR count). The summed E-state index contributed by atoms with van der Waals surface area (Å²) in [5, 5.41) is 8.58. The van der Waals surface area contributed by atoms with Crippen molar-refractivity contribution in [3.63, 3.8) is 0 Å².